The number of esters is 1. The Labute approximate surface area is 197 Å². The molecule has 2 aliphatic heterocycles. The Bertz CT molecular complexity index is 1510. The van der Waals surface area contributed by atoms with Crippen LogP contribution in [0.4, 0.5) is 5.69 Å². The number of aromatic nitrogens is 1. The van der Waals surface area contributed by atoms with Crippen LogP contribution < -0.4 is 19.8 Å². The van der Waals surface area contributed by atoms with Gasteiger partial charge < -0.3 is 9.64 Å². The average Bonchev–Trinajstić information content (AvgIpc) is 3.46. The topological polar surface area (TPSA) is 81.0 Å². The normalized spacial score (nSPS) is 19.0. The number of nitrogens with zero attached hydrogens (tertiary/aromatic N) is 3. The minimum absolute atomic E-state index is 0.232. The van der Waals surface area contributed by atoms with Gasteiger partial charge in [0.1, 0.15) is 10.6 Å². The number of fused-ring (bicyclic) bond motifs is 2. The van der Waals surface area contributed by atoms with E-state index in [1.807, 2.05) is 41.8 Å². The van der Waals surface area contributed by atoms with Gasteiger partial charge in [0, 0.05) is 17.5 Å². The summed E-state index contributed by atoms with van der Waals surface area (Å²) in [6.07, 6.45) is -0.309. The number of thiophene rings is 1. The van der Waals surface area contributed by atoms with E-state index in [1.54, 1.807) is 32.7 Å². The highest BCUT2D eigenvalue weighted by atomic mass is 32.1. The lowest BCUT2D eigenvalue weighted by Gasteiger charge is -2.24. The van der Waals surface area contributed by atoms with Gasteiger partial charge in [-0.3, -0.25) is 14.2 Å². The first kappa shape index (κ1) is 21.5. The van der Waals surface area contributed by atoms with Crippen LogP contribution in [-0.2, 0) is 14.3 Å². The van der Waals surface area contributed by atoms with Crippen molar-refractivity contribution in [3.8, 4) is 0 Å². The maximum atomic E-state index is 13.8. The van der Waals surface area contributed by atoms with Gasteiger partial charge >= 0.3 is 5.97 Å². The third-order valence-electron chi connectivity index (χ3n) is 5.65. The Hall–Kier alpha value is -3.30. The van der Waals surface area contributed by atoms with E-state index < -0.39 is 12.0 Å². The molecule has 1 aromatic carbocycles. The molecule has 0 saturated carbocycles. The fourth-order valence-electron chi connectivity index (χ4n) is 4.22. The van der Waals surface area contributed by atoms with Crippen LogP contribution in [0.2, 0.25) is 0 Å². The third kappa shape index (κ3) is 3.30. The highest BCUT2D eigenvalue weighted by Crippen LogP contribution is 2.35. The molecule has 4 heterocycles. The number of likely N-dealkylation sites (N-methyl/N-ethyl adjacent to an activating group) is 1. The lowest BCUT2D eigenvalue weighted by Crippen LogP contribution is -2.40. The molecule has 0 radical (unpaired) electrons. The van der Waals surface area contributed by atoms with E-state index in [0.29, 0.717) is 26.2 Å². The number of thiazole rings is 1. The first-order chi connectivity index (χ1) is 15.8. The quantitative estimate of drug-likeness (QED) is 0.541. The Morgan fingerprint density at radius 2 is 1.91 bits per heavy atom. The summed E-state index contributed by atoms with van der Waals surface area (Å²) in [5.41, 5.74) is 2.35. The van der Waals surface area contributed by atoms with E-state index in [2.05, 4.69) is 4.99 Å². The summed E-state index contributed by atoms with van der Waals surface area (Å²) in [5.74, 6) is -0.728. The first-order valence-electron chi connectivity index (χ1n) is 10.5. The number of para-hydroxylation sites is 1. The number of anilines is 1. The van der Waals surface area contributed by atoms with E-state index in [9.17, 15) is 14.4 Å². The molecule has 7 nitrogen and oxygen atoms in total. The maximum absolute atomic E-state index is 13.8. The van der Waals surface area contributed by atoms with E-state index in [1.165, 1.54) is 27.2 Å². The van der Waals surface area contributed by atoms with E-state index in [0.717, 1.165) is 16.1 Å². The zero-order valence-corrected chi connectivity index (χ0v) is 20.1. The lowest BCUT2D eigenvalue weighted by molar-refractivity contribution is -0.143. The summed E-state index contributed by atoms with van der Waals surface area (Å²) in [4.78, 5) is 47.4. The summed E-state index contributed by atoms with van der Waals surface area (Å²) < 4.78 is 7.34. The molecule has 1 atom stereocenters. The van der Waals surface area contributed by atoms with Crippen LogP contribution in [0.1, 0.15) is 37.3 Å². The van der Waals surface area contributed by atoms with Crippen molar-refractivity contribution < 1.29 is 14.3 Å². The Balaban J connectivity index is 1.81. The van der Waals surface area contributed by atoms with Crippen molar-refractivity contribution in [2.75, 3.05) is 11.9 Å². The van der Waals surface area contributed by atoms with Crippen molar-refractivity contribution >= 4 is 45.8 Å². The number of ether oxygens (including phenoxy) is 1. The molecule has 0 N–H and O–H groups in total. The van der Waals surface area contributed by atoms with Crippen molar-refractivity contribution in [1.29, 1.82) is 0 Å². The second-order valence-electron chi connectivity index (χ2n) is 8.13. The van der Waals surface area contributed by atoms with Crippen molar-refractivity contribution in [3.05, 3.63) is 83.2 Å². The number of carbonyl (C=O) groups is 2. The van der Waals surface area contributed by atoms with Gasteiger partial charge in [0.25, 0.3) is 11.5 Å². The molecule has 9 heteroatoms. The molecule has 0 bridgehead atoms. The van der Waals surface area contributed by atoms with Gasteiger partial charge in [-0.25, -0.2) is 9.79 Å². The molecule has 0 saturated heterocycles. The van der Waals surface area contributed by atoms with Crippen molar-refractivity contribution in [1.82, 2.24) is 4.57 Å². The van der Waals surface area contributed by atoms with Gasteiger partial charge in [-0.15, -0.1) is 11.3 Å². The van der Waals surface area contributed by atoms with Crippen LogP contribution >= 0.6 is 22.7 Å². The molecule has 5 rings (SSSR count). The van der Waals surface area contributed by atoms with Crippen molar-refractivity contribution in [2.45, 2.75) is 32.9 Å². The zero-order valence-electron chi connectivity index (χ0n) is 18.5. The third-order valence-corrected chi connectivity index (χ3v) is 7.63. The molecule has 33 heavy (non-hydrogen) atoms. The predicted molar refractivity (Wildman–Crippen MR) is 128 cm³/mol. The average molecular weight is 480 g/mol. The second kappa shape index (κ2) is 7.93. The first-order valence-corrected chi connectivity index (χ1v) is 12.2. The summed E-state index contributed by atoms with van der Waals surface area (Å²) in [6, 6.07) is 10.5. The number of rotatable bonds is 3. The van der Waals surface area contributed by atoms with E-state index >= 15 is 0 Å². The summed E-state index contributed by atoms with van der Waals surface area (Å²) in [5, 5.41) is 1.90. The molecule has 0 aliphatic carbocycles. The van der Waals surface area contributed by atoms with Crippen molar-refractivity contribution in [3.63, 3.8) is 0 Å². The van der Waals surface area contributed by atoms with Gasteiger partial charge in [0.15, 0.2) is 4.80 Å². The van der Waals surface area contributed by atoms with Crippen LogP contribution in [0.15, 0.2) is 62.8 Å². The van der Waals surface area contributed by atoms with Crippen LogP contribution in [0, 0.1) is 0 Å². The van der Waals surface area contributed by atoms with Gasteiger partial charge in [-0.05, 0) is 38.3 Å². The van der Waals surface area contributed by atoms with Gasteiger partial charge in [0.05, 0.1) is 28.6 Å². The predicted octanol–water partition coefficient (Wildman–Crippen LogP) is 2.59. The van der Waals surface area contributed by atoms with Crippen LogP contribution in [0.3, 0.4) is 0 Å². The molecule has 0 spiro atoms. The number of hydrogen-bond acceptors (Lipinski definition) is 7. The maximum Gasteiger partial charge on any atom is 0.338 e. The number of allylic oxidation sites excluding steroid dienone is 1. The molecule has 168 valence electrons. The Kier molecular flexibility index (Phi) is 5.18. The van der Waals surface area contributed by atoms with Crippen LogP contribution in [0.5, 0.6) is 0 Å². The largest absolute Gasteiger partial charge is 0.459 e. The zero-order chi connectivity index (χ0) is 23.4. The fraction of sp³-hybridized carbons (Fsp3) is 0.250. The summed E-state index contributed by atoms with van der Waals surface area (Å²) in [7, 11) is 1.70. The smallest absolute Gasteiger partial charge is 0.338 e. The number of hydrogen-bond donors (Lipinski definition) is 0. The van der Waals surface area contributed by atoms with E-state index in [-0.39, 0.29) is 17.6 Å². The van der Waals surface area contributed by atoms with Crippen LogP contribution in [-0.4, -0.2) is 29.6 Å². The highest BCUT2D eigenvalue weighted by molar-refractivity contribution is 7.10. The minimum Gasteiger partial charge on any atom is -0.459 e. The minimum atomic E-state index is -0.661. The fourth-order valence-corrected chi connectivity index (χ4v) is 6.18. The molecular weight excluding hydrogens is 458 g/mol. The molecule has 0 unspecified atom stereocenters. The number of benzene rings is 1. The lowest BCUT2D eigenvalue weighted by atomic mass is 10.0. The van der Waals surface area contributed by atoms with Gasteiger partial charge in [0.2, 0.25) is 0 Å². The van der Waals surface area contributed by atoms with Gasteiger partial charge in [-0.2, -0.15) is 0 Å². The van der Waals surface area contributed by atoms with Crippen LogP contribution in [0.25, 0.3) is 5.57 Å². The van der Waals surface area contributed by atoms with E-state index in [4.69, 9.17) is 4.74 Å². The Morgan fingerprint density at radius 1 is 1.15 bits per heavy atom. The summed E-state index contributed by atoms with van der Waals surface area (Å²) in [6.45, 7) is 5.32. The molecule has 3 aromatic rings. The summed E-state index contributed by atoms with van der Waals surface area (Å²) >= 11 is 2.63. The van der Waals surface area contributed by atoms with Crippen molar-refractivity contribution in [2.24, 2.45) is 4.99 Å². The number of amides is 1. The molecule has 2 aliphatic rings. The SMILES string of the molecule is CC1=C(C(=O)OC(C)C)[C@H](c2cccs2)n2c(sc(=C3C(=O)N(C)c4ccccc43)c2=O)=N1. The molecular formula is C24H21N3O4S2. The Morgan fingerprint density at radius 3 is 2.61 bits per heavy atom. The second-order valence-corrected chi connectivity index (χ2v) is 10.1. The molecule has 2 aromatic heterocycles. The highest BCUT2D eigenvalue weighted by Gasteiger charge is 2.36. The molecule has 0 fully saturated rings. The monoisotopic (exact) mass is 479 g/mol. The standard InChI is InChI=1S/C24H21N3O4S2/c1-12(2)31-23(30)17-13(3)25-24-27(19(17)16-10-7-11-32-16)22(29)20(33-24)18-14-8-5-6-9-15(14)26(4)21(18)28/h5-12,19H,1-4H3/t19-/m0/s1. The number of carbonyl (C=O) groups excluding carboxylic acids is 2. The van der Waals surface area contributed by atoms with Gasteiger partial charge in [-0.1, -0.05) is 35.6 Å². The molecule has 1 amide bonds.